The SMILES string of the molecule is CCOCCCN1C(=S)NC(c2ccc(OC)cc2)C(c2nc(-c3cccc(F)c3)no2)=C1C. The number of nitrogens with one attached hydrogen (secondary N) is 1. The Labute approximate surface area is 203 Å². The Morgan fingerprint density at radius 3 is 2.71 bits per heavy atom. The van der Waals surface area contributed by atoms with Crippen molar-refractivity contribution in [2.45, 2.75) is 26.3 Å². The minimum absolute atomic E-state index is 0.303. The molecule has 0 fully saturated rings. The third-order valence-electron chi connectivity index (χ3n) is 5.66. The molecule has 0 radical (unpaired) electrons. The zero-order chi connectivity index (χ0) is 24.1. The first kappa shape index (κ1) is 23.8. The highest BCUT2D eigenvalue weighted by Gasteiger charge is 2.34. The zero-order valence-electron chi connectivity index (χ0n) is 19.4. The summed E-state index contributed by atoms with van der Waals surface area (Å²) in [5.41, 5.74) is 3.24. The number of ether oxygens (including phenoxy) is 2. The molecule has 1 aliphatic rings. The first-order chi connectivity index (χ1) is 16.5. The molecule has 2 aromatic carbocycles. The van der Waals surface area contributed by atoms with Crippen molar-refractivity contribution in [3.05, 3.63) is 71.5 Å². The predicted molar refractivity (Wildman–Crippen MR) is 132 cm³/mol. The third kappa shape index (κ3) is 5.10. The molecule has 34 heavy (non-hydrogen) atoms. The van der Waals surface area contributed by atoms with Crippen LogP contribution in [0.1, 0.15) is 37.8 Å². The van der Waals surface area contributed by atoms with Gasteiger partial charge in [0.1, 0.15) is 11.6 Å². The first-order valence-electron chi connectivity index (χ1n) is 11.1. The van der Waals surface area contributed by atoms with Gasteiger partial charge in [-0.25, -0.2) is 4.39 Å². The van der Waals surface area contributed by atoms with Crippen molar-refractivity contribution in [2.75, 3.05) is 26.9 Å². The zero-order valence-corrected chi connectivity index (χ0v) is 20.2. The van der Waals surface area contributed by atoms with Gasteiger partial charge < -0.3 is 24.2 Å². The van der Waals surface area contributed by atoms with Gasteiger partial charge in [0.2, 0.25) is 5.82 Å². The number of halogens is 1. The quantitative estimate of drug-likeness (QED) is 0.338. The van der Waals surface area contributed by atoms with E-state index < -0.39 is 0 Å². The van der Waals surface area contributed by atoms with E-state index in [4.69, 9.17) is 26.2 Å². The second-order valence-electron chi connectivity index (χ2n) is 7.79. The molecular formula is C25H27FN4O3S. The molecule has 1 N–H and O–H groups in total. The van der Waals surface area contributed by atoms with Crippen molar-refractivity contribution >= 4 is 22.9 Å². The Morgan fingerprint density at radius 2 is 2.00 bits per heavy atom. The molecule has 0 saturated carbocycles. The maximum absolute atomic E-state index is 13.7. The van der Waals surface area contributed by atoms with Gasteiger partial charge in [-0.3, -0.25) is 0 Å². The Morgan fingerprint density at radius 1 is 1.21 bits per heavy atom. The van der Waals surface area contributed by atoms with Crippen molar-refractivity contribution < 1.29 is 18.4 Å². The van der Waals surface area contributed by atoms with Crippen LogP contribution >= 0.6 is 12.2 Å². The van der Waals surface area contributed by atoms with Crippen LogP contribution in [0.4, 0.5) is 4.39 Å². The van der Waals surface area contributed by atoms with Gasteiger partial charge in [-0.15, -0.1) is 0 Å². The number of benzene rings is 2. The second-order valence-corrected chi connectivity index (χ2v) is 8.18. The lowest BCUT2D eigenvalue weighted by molar-refractivity contribution is 0.141. The average Bonchev–Trinajstić information content (AvgIpc) is 3.33. The number of aromatic nitrogens is 2. The fourth-order valence-corrected chi connectivity index (χ4v) is 4.27. The topological polar surface area (TPSA) is 72.7 Å². The summed E-state index contributed by atoms with van der Waals surface area (Å²) in [5.74, 6) is 1.07. The van der Waals surface area contributed by atoms with Gasteiger partial charge in [-0.1, -0.05) is 29.4 Å². The van der Waals surface area contributed by atoms with E-state index in [9.17, 15) is 4.39 Å². The minimum atomic E-state index is -0.361. The fraction of sp³-hybridized carbons (Fsp3) is 0.320. The highest BCUT2D eigenvalue weighted by atomic mass is 32.1. The molecule has 0 bridgehead atoms. The summed E-state index contributed by atoms with van der Waals surface area (Å²) in [4.78, 5) is 6.64. The molecule has 0 amide bonds. The highest BCUT2D eigenvalue weighted by molar-refractivity contribution is 7.80. The molecule has 2 heterocycles. The van der Waals surface area contributed by atoms with Crippen molar-refractivity contribution in [2.24, 2.45) is 0 Å². The van der Waals surface area contributed by atoms with Gasteiger partial charge in [0.15, 0.2) is 5.11 Å². The maximum Gasteiger partial charge on any atom is 0.258 e. The number of thiocarbonyl (C=S) groups is 1. The molecule has 3 aromatic rings. The maximum atomic E-state index is 13.7. The average molecular weight is 483 g/mol. The molecule has 0 saturated heterocycles. The second kappa shape index (κ2) is 10.8. The molecule has 1 aromatic heterocycles. The molecular weight excluding hydrogens is 455 g/mol. The van der Waals surface area contributed by atoms with Gasteiger partial charge in [-0.2, -0.15) is 4.98 Å². The van der Waals surface area contributed by atoms with E-state index in [2.05, 4.69) is 15.5 Å². The molecule has 178 valence electrons. The Hall–Kier alpha value is -3.30. The molecule has 0 spiro atoms. The highest BCUT2D eigenvalue weighted by Crippen LogP contribution is 2.38. The molecule has 1 unspecified atom stereocenters. The van der Waals surface area contributed by atoms with Crippen molar-refractivity contribution in [1.82, 2.24) is 20.4 Å². The monoisotopic (exact) mass is 482 g/mol. The number of hydrogen-bond donors (Lipinski definition) is 1. The summed E-state index contributed by atoms with van der Waals surface area (Å²) in [6, 6.07) is 13.6. The van der Waals surface area contributed by atoms with E-state index in [0.29, 0.717) is 42.1 Å². The molecule has 9 heteroatoms. The van der Waals surface area contributed by atoms with Crippen molar-refractivity contribution in [1.29, 1.82) is 0 Å². The smallest absolute Gasteiger partial charge is 0.258 e. The lowest BCUT2D eigenvalue weighted by Crippen LogP contribution is -2.46. The van der Waals surface area contributed by atoms with Crippen LogP contribution in [0.2, 0.25) is 0 Å². The van der Waals surface area contributed by atoms with Crippen molar-refractivity contribution in [3.63, 3.8) is 0 Å². The molecule has 4 rings (SSSR count). The lowest BCUT2D eigenvalue weighted by atomic mass is 9.94. The van der Waals surface area contributed by atoms with E-state index in [-0.39, 0.29) is 11.9 Å². The molecule has 1 atom stereocenters. The number of nitrogens with zero attached hydrogens (tertiary/aromatic N) is 3. The number of rotatable bonds is 9. The van der Waals surface area contributed by atoms with E-state index in [1.807, 2.05) is 43.0 Å². The number of allylic oxidation sites excluding steroid dienone is 1. The van der Waals surface area contributed by atoms with E-state index in [1.165, 1.54) is 12.1 Å². The van der Waals surface area contributed by atoms with Crippen LogP contribution in [-0.4, -0.2) is 47.0 Å². The van der Waals surface area contributed by atoms with Gasteiger partial charge in [-0.05, 0) is 62.3 Å². The van der Waals surface area contributed by atoms with Crippen LogP contribution in [0.5, 0.6) is 5.75 Å². The summed E-state index contributed by atoms with van der Waals surface area (Å²) in [7, 11) is 1.63. The Balaban J connectivity index is 1.73. The summed E-state index contributed by atoms with van der Waals surface area (Å²) >= 11 is 5.71. The summed E-state index contributed by atoms with van der Waals surface area (Å²) < 4.78 is 30.2. The third-order valence-corrected chi connectivity index (χ3v) is 6.00. The summed E-state index contributed by atoms with van der Waals surface area (Å²) in [6.45, 7) is 5.96. The van der Waals surface area contributed by atoms with Crippen LogP contribution in [-0.2, 0) is 4.74 Å². The Kier molecular flexibility index (Phi) is 7.54. The van der Waals surface area contributed by atoms with Gasteiger partial charge in [0.25, 0.3) is 5.89 Å². The molecule has 1 aliphatic heterocycles. The standard InChI is InChI=1S/C25H27FN4O3S/c1-4-32-14-6-13-30-16(2)21(22(27-25(30)34)17-9-11-20(31-3)12-10-17)24-28-23(29-33-24)18-7-5-8-19(26)15-18/h5,7-12,15,22H,4,6,13-14H2,1-3H3,(H,27,34). The Bertz CT molecular complexity index is 1180. The largest absolute Gasteiger partial charge is 0.497 e. The van der Waals surface area contributed by atoms with E-state index in [0.717, 1.165) is 29.0 Å². The minimum Gasteiger partial charge on any atom is -0.497 e. The number of methoxy groups -OCH3 is 1. The van der Waals surface area contributed by atoms with Crippen molar-refractivity contribution in [3.8, 4) is 17.1 Å². The summed E-state index contributed by atoms with van der Waals surface area (Å²) in [5, 5.41) is 8.16. The van der Waals surface area contributed by atoms with Gasteiger partial charge in [0, 0.05) is 31.0 Å². The lowest BCUT2D eigenvalue weighted by Gasteiger charge is -2.37. The van der Waals surface area contributed by atoms with Crippen LogP contribution in [0.25, 0.3) is 17.0 Å². The first-order valence-corrected chi connectivity index (χ1v) is 11.5. The molecule has 0 aliphatic carbocycles. The molecule has 7 nitrogen and oxygen atoms in total. The van der Waals surface area contributed by atoms with E-state index in [1.54, 1.807) is 19.2 Å². The van der Waals surface area contributed by atoms with Crippen LogP contribution in [0.3, 0.4) is 0 Å². The van der Waals surface area contributed by atoms with Crippen LogP contribution < -0.4 is 10.1 Å². The van der Waals surface area contributed by atoms with Crippen LogP contribution in [0, 0.1) is 5.82 Å². The number of hydrogen-bond acceptors (Lipinski definition) is 6. The van der Waals surface area contributed by atoms with Gasteiger partial charge >= 0.3 is 0 Å². The van der Waals surface area contributed by atoms with Gasteiger partial charge in [0.05, 0.1) is 18.7 Å². The fourth-order valence-electron chi connectivity index (χ4n) is 3.92. The van der Waals surface area contributed by atoms with Crippen LogP contribution in [0.15, 0.2) is 58.8 Å². The summed E-state index contributed by atoms with van der Waals surface area (Å²) in [6.07, 6.45) is 0.811. The normalized spacial score (nSPS) is 16.1. The predicted octanol–water partition coefficient (Wildman–Crippen LogP) is 4.97. The van der Waals surface area contributed by atoms with E-state index >= 15 is 0 Å².